The summed E-state index contributed by atoms with van der Waals surface area (Å²) < 4.78 is 0. The number of amides is 1. The highest BCUT2D eigenvalue weighted by molar-refractivity contribution is 5.78. The van der Waals surface area contributed by atoms with Gasteiger partial charge in [0.15, 0.2) is 5.82 Å². The topological polar surface area (TPSA) is 92.9 Å². The van der Waals surface area contributed by atoms with E-state index in [1.807, 2.05) is 30.3 Å². The third-order valence-electron chi connectivity index (χ3n) is 2.46. The van der Waals surface area contributed by atoms with Gasteiger partial charge in [-0.15, -0.1) is 0 Å². The largest absolute Gasteiger partial charge is 0.373 e. The summed E-state index contributed by atoms with van der Waals surface area (Å²) in [7, 11) is 1.77. The van der Waals surface area contributed by atoms with E-state index in [9.17, 15) is 4.79 Å². The molecular weight excluding hydrogens is 242 g/mol. The SMILES string of the molecule is CNc1cc(NCC(N)=O)nc(-c2ccccc2)n1. The second-order valence-electron chi connectivity index (χ2n) is 3.90. The van der Waals surface area contributed by atoms with Gasteiger partial charge in [0.25, 0.3) is 0 Å². The summed E-state index contributed by atoms with van der Waals surface area (Å²) >= 11 is 0. The number of nitrogens with two attached hydrogens (primary N) is 1. The van der Waals surface area contributed by atoms with Crippen molar-refractivity contribution >= 4 is 17.5 Å². The molecule has 1 heterocycles. The van der Waals surface area contributed by atoms with E-state index < -0.39 is 5.91 Å². The summed E-state index contributed by atoms with van der Waals surface area (Å²) in [4.78, 5) is 19.5. The fourth-order valence-electron chi connectivity index (χ4n) is 1.56. The molecule has 2 aromatic rings. The molecular formula is C13H15N5O. The molecule has 6 heteroatoms. The number of anilines is 2. The van der Waals surface area contributed by atoms with Crippen molar-refractivity contribution in [1.82, 2.24) is 9.97 Å². The Labute approximate surface area is 111 Å². The maximum atomic E-state index is 10.8. The Morgan fingerprint density at radius 3 is 2.53 bits per heavy atom. The number of nitrogens with one attached hydrogen (secondary N) is 2. The Bertz CT molecular complexity index is 571. The van der Waals surface area contributed by atoms with Crippen molar-refractivity contribution in [1.29, 1.82) is 0 Å². The minimum absolute atomic E-state index is 0.0361. The second-order valence-corrected chi connectivity index (χ2v) is 3.90. The number of nitrogens with zero attached hydrogens (tertiary/aromatic N) is 2. The Balaban J connectivity index is 2.33. The third-order valence-corrected chi connectivity index (χ3v) is 2.46. The van der Waals surface area contributed by atoms with Gasteiger partial charge in [-0.1, -0.05) is 30.3 Å². The fourth-order valence-corrected chi connectivity index (χ4v) is 1.56. The molecule has 1 aromatic heterocycles. The van der Waals surface area contributed by atoms with Crippen LogP contribution in [0, 0.1) is 0 Å². The number of benzene rings is 1. The maximum absolute atomic E-state index is 10.8. The van der Waals surface area contributed by atoms with Crippen LogP contribution in [0.25, 0.3) is 11.4 Å². The summed E-state index contributed by atoms with van der Waals surface area (Å²) in [6, 6.07) is 11.3. The molecule has 1 aromatic carbocycles. The molecule has 2 rings (SSSR count). The molecule has 0 unspecified atom stereocenters. The molecule has 0 aliphatic carbocycles. The van der Waals surface area contributed by atoms with E-state index in [-0.39, 0.29) is 6.54 Å². The van der Waals surface area contributed by atoms with Crippen molar-refractivity contribution in [3.8, 4) is 11.4 Å². The Kier molecular flexibility index (Phi) is 3.92. The van der Waals surface area contributed by atoms with Crippen molar-refractivity contribution in [2.24, 2.45) is 5.73 Å². The molecule has 0 aliphatic heterocycles. The Morgan fingerprint density at radius 2 is 1.89 bits per heavy atom. The van der Waals surface area contributed by atoms with E-state index in [2.05, 4.69) is 20.6 Å². The van der Waals surface area contributed by atoms with E-state index >= 15 is 0 Å². The van der Waals surface area contributed by atoms with Crippen LogP contribution in [0.15, 0.2) is 36.4 Å². The minimum atomic E-state index is -0.439. The van der Waals surface area contributed by atoms with Gasteiger partial charge < -0.3 is 16.4 Å². The second kappa shape index (κ2) is 5.81. The number of rotatable bonds is 5. The molecule has 0 fully saturated rings. The average molecular weight is 257 g/mol. The summed E-state index contributed by atoms with van der Waals surface area (Å²) in [6.07, 6.45) is 0. The van der Waals surface area contributed by atoms with Gasteiger partial charge in [-0.05, 0) is 0 Å². The molecule has 0 bridgehead atoms. The highest BCUT2D eigenvalue weighted by atomic mass is 16.1. The first kappa shape index (κ1) is 12.8. The first-order valence-corrected chi connectivity index (χ1v) is 5.83. The number of primary amides is 1. The van der Waals surface area contributed by atoms with Crippen LogP contribution < -0.4 is 16.4 Å². The number of hydrogen-bond acceptors (Lipinski definition) is 5. The Morgan fingerprint density at radius 1 is 1.21 bits per heavy atom. The molecule has 19 heavy (non-hydrogen) atoms. The summed E-state index contributed by atoms with van der Waals surface area (Å²) in [5.74, 6) is 1.36. The van der Waals surface area contributed by atoms with E-state index in [0.717, 1.165) is 5.56 Å². The van der Waals surface area contributed by atoms with Gasteiger partial charge in [0.1, 0.15) is 11.6 Å². The minimum Gasteiger partial charge on any atom is -0.373 e. The molecule has 0 atom stereocenters. The van der Waals surface area contributed by atoms with Crippen LogP contribution >= 0.6 is 0 Å². The van der Waals surface area contributed by atoms with E-state index in [1.165, 1.54) is 0 Å². The summed E-state index contributed by atoms with van der Waals surface area (Å²) in [6.45, 7) is 0.0361. The van der Waals surface area contributed by atoms with Gasteiger partial charge in [0, 0.05) is 18.7 Å². The maximum Gasteiger partial charge on any atom is 0.236 e. The molecule has 0 saturated carbocycles. The molecule has 0 spiro atoms. The molecule has 6 nitrogen and oxygen atoms in total. The zero-order valence-corrected chi connectivity index (χ0v) is 10.6. The zero-order chi connectivity index (χ0) is 13.7. The number of aromatic nitrogens is 2. The monoisotopic (exact) mass is 257 g/mol. The van der Waals surface area contributed by atoms with E-state index in [4.69, 9.17) is 5.73 Å². The van der Waals surface area contributed by atoms with Crippen molar-refractivity contribution in [3.05, 3.63) is 36.4 Å². The van der Waals surface area contributed by atoms with Gasteiger partial charge >= 0.3 is 0 Å². The van der Waals surface area contributed by atoms with Gasteiger partial charge in [0.05, 0.1) is 6.54 Å². The zero-order valence-electron chi connectivity index (χ0n) is 10.6. The molecule has 0 aliphatic rings. The quantitative estimate of drug-likeness (QED) is 0.745. The van der Waals surface area contributed by atoms with E-state index in [0.29, 0.717) is 17.5 Å². The molecule has 98 valence electrons. The number of carbonyl (C=O) groups is 1. The van der Waals surface area contributed by atoms with Crippen LogP contribution in [-0.2, 0) is 4.79 Å². The average Bonchev–Trinajstić information content (AvgIpc) is 2.45. The van der Waals surface area contributed by atoms with Gasteiger partial charge in [0.2, 0.25) is 5.91 Å². The van der Waals surface area contributed by atoms with Crippen molar-refractivity contribution in [2.75, 3.05) is 24.2 Å². The fraction of sp³-hybridized carbons (Fsp3) is 0.154. The van der Waals surface area contributed by atoms with Crippen LogP contribution in [0.5, 0.6) is 0 Å². The lowest BCUT2D eigenvalue weighted by Crippen LogP contribution is -2.22. The van der Waals surface area contributed by atoms with Crippen LogP contribution in [0.2, 0.25) is 0 Å². The lowest BCUT2D eigenvalue weighted by Gasteiger charge is -2.08. The smallest absolute Gasteiger partial charge is 0.236 e. The first-order valence-electron chi connectivity index (χ1n) is 5.83. The Hall–Kier alpha value is -2.63. The number of carbonyl (C=O) groups excluding carboxylic acids is 1. The van der Waals surface area contributed by atoms with Crippen molar-refractivity contribution in [3.63, 3.8) is 0 Å². The lowest BCUT2D eigenvalue weighted by molar-refractivity contribution is -0.116. The molecule has 0 saturated heterocycles. The van der Waals surface area contributed by atoms with Crippen LogP contribution in [0.4, 0.5) is 11.6 Å². The predicted octanol–water partition coefficient (Wildman–Crippen LogP) is 1.08. The first-order chi connectivity index (χ1) is 9.19. The van der Waals surface area contributed by atoms with Crippen LogP contribution in [0.1, 0.15) is 0 Å². The van der Waals surface area contributed by atoms with Gasteiger partial charge in [-0.2, -0.15) is 0 Å². The van der Waals surface area contributed by atoms with Crippen molar-refractivity contribution in [2.45, 2.75) is 0 Å². The molecule has 1 amide bonds. The highest BCUT2D eigenvalue weighted by Gasteiger charge is 2.06. The standard InChI is InChI=1S/C13H15N5O/c1-15-11-7-12(16-8-10(14)19)18-13(17-11)9-5-3-2-4-6-9/h2-7H,8H2,1H3,(H2,14,19)(H2,15,16,17,18). The molecule has 0 radical (unpaired) electrons. The summed E-state index contributed by atoms with van der Waals surface area (Å²) in [5, 5.41) is 5.82. The van der Waals surface area contributed by atoms with Gasteiger partial charge in [-0.3, -0.25) is 4.79 Å². The van der Waals surface area contributed by atoms with E-state index in [1.54, 1.807) is 13.1 Å². The summed E-state index contributed by atoms with van der Waals surface area (Å²) in [5.41, 5.74) is 6.00. The van der Waals surface area contributed by atoms with Gasteiger partial charge in [-0.25, -0.2) is 9.97 Å². The van der Waals surface area contributed by atoms with Crippen LogP contribution in [-0.4, -0.2) is 29.5 Å². The van der Waals surface area contributed by atoms with Crippen molar-refractivity contribution < 1.29 is 4.79 Å². The predicted molar refractivity (Wildman–Crippen MR) is 74.7 cm³/mol. The number of hydrogen-bond donors (Lipinski definition) is 3. The molecule has 4 N–H and O–H groups in total. The highest BCUT2D eigenvalue weighted by Crippen LogP contribution is 2.19. The third kappa shape index (κ3) is 3.41. The normalized spacial score (nSPS) is 9.95. The van der Waals surface area contributed by atoms with Crippen LogP contribution in [0.3, 0.4) is 0 Å². The lowest BCUT2D eigenvalue weighted by atomic mass is 10.2.